The third kappa shape index (κ3) is 9.65. The second-order valence-corrected chi connectivity index (χ2v) is 38.3. The van der Waals surface area contributed by atoms with Gasteiger partial charge in [-0.05, 0) is 119 Å². The molecule has 0 fully saturated rings. The molecule has 0 aliphatic rings. The molecule has 3 rings (SSSR count). The summed E-state index contributed by atoms with van der Waals surface area (Å²) in [5.41, 5.74) is 14.0. The Morgan fingerprint density at radius 3 is 0.706 bits per heavy atom. The third-order valence-electron chi connectivity index (χ3n) is 11.0. The largest absolute Gasteiger partial charge is 0.167 e. The molecule has 0 N–H and O–H groups in total. The van der Waals surface area contributed by atoms with E-state index >= 15 is 0 Å². The maximum Gasteiger partial charge on any atom is 0.159 e. The lowest BCUT2D eigenvalue weighted by molar-refractivity contribution is 0.810. The van der Waals surface area contributed by atoms with Gasteiger partial charge in [0.2, 0.25) is 0 Å². The van der Waals surface area contributed by atoms with Crippen LogP contribution < -0.4 is 15.6 Å². The van der Waals surface area contributed by atoms with E-state index in [2.05, 4.69) is 174 Å². The van der Waals surface area contributed by atoms with Crippen LogP contribution in [0.1, 0.15) is 228 Å². The Morgan fingerprint density at radius 2 is 0.549 bits per heavy atom. The maximum atomic E-state index is 8.28. The average molecular weight is 760 g/mol. The van der Waals surface area contributed by atoms with Crippen molar-refractivity contribution in [1.82, 2.24) is 0 Å². The SMILES string of the molecule is CC(C)c1cc(C(C)C)c([Si](c2c(C(C)C)cc(C(C)C)cc2C(C)C)=[Si](c2c(C(C)C)cc(C(C)C)cc2C(C)C)[Si](C)(C)Cl)c(C(C)C)c1. The Bertz CT molecular complexity index is 1540. The van der Waals surface area contributed by atoms with Crippen molar-refractivity contribution in [1.29, 1.82) is 0 Å². The molecular weight excluding hydrogens is 684 g/mol. The molecule has 0 saturated carbocycles. The standard InChI is InChI=1S/C47H75ClSi3/c1-27(2)36-21-39(30(7)8)45(40(22-36)31(9)10)49(46-41(32(11)12)23-37(28(3)4)24-42(46)33(13)14)50(51(19,20)48)47-43(34(15)16)25-38(29(5)6)26-44(47)35(17)18/h21-35H,1-20H3. The molecule has 282 valence electrons. The minimum Gasteiger partial charge on any atom is -0.167 e. The van der Waals surface area contributed by atoms with E-state index in [1.54, 1.807) is 48.9 Å². The molecule has 0 atom stereocenters. The van der Waals surface area contributed by atoms with Gasteiger partial charge in [0.15, 0.2) is 6.90 Å². The normalized spacial score (nSPS) is 12.8. The van der Waals surface area contributed by atoms with Gasteiger partial charge < -0.3 is 0 Å². The molecule has 0 heterocycles. The second kappa shape index (κ2) is 17.4. The van der Waals surface area contributed by atoms with Crippen LogP contribution in [0.3, 0.4) is 0 Å². The zero-order chi connectivity index (χ0) is 39.0. The first-order valence-electron chi connectivity index (χ1n) is 20.4. The molecule has 0 aromatic heterocycles. The average Bonchev–Trinajstić information content (AvgIpc) is 3.00. The van der Waals surface area contributed by atoms with Crippen molar-refractivity contribution in [2.75, 3.05) is 0 Å². The van der Waals surface area contributed by atoms with Gasteiger partial charge in [-0.2, -0.15) is 11.1 Å². The molecule has 0 unspecified atom stereocenters. The van der Waals surface area contributed by atoms with Crippen LogP contribution in [0.15, 0.2) is 36.4 Å². The van der Waals surface area contributed by atoms with Crippen LogP contribution in [0.5, 0.6) is 0 Å². The minimum absolute atomic E-state index is 0.428. The Balaban J connectivity index is 3.05. The maximum absolute atomic E-state index is 8.28. The van der Waals surface area contributed by atoms with Crippen molar-refractivity contribution in [3.8, 4) is 0 Å². The van der Waals surface area contributed by atoms with E-state index in [9.17, 15) is 0 Å². The number of hydrogen-bond acceptors (Lipinski definition) is 0. The Morgan fingerprint density at radius 1 is 0.353 bits per heavy atom. The van der Waals surface area contributed by atoms with Crippen LogP contribution >= 0.6 is 11.1 Å². The Hall–Kier alpha value is -1.40. The van der Waals surface area contributed by atoms with Gasteiger partial charge in [-0.25, -0.2) is 0 Å². The summed E-state index contributed by atoms with van der Waals surface area (Å²) >= 11 is 8.28. The van der Waals surface area contributed by atoms with Gasteiger partial charge in [-0.1, -0.05) is 174 Å². The monoisotopic (exact) mass is 758 g/mol. The summed E-state index contributed by atoms with van der Waals surface area (Å²) in [6.45, 7) is 46.3. The van der Waals surface area contributed by atoms with E-state index in [1.165, 1.54) is 16.7 Å². The molecule has 3 aromatic carbocycles. The van der Waals surface area contributed by atoms with Crippen LogP contribution in [0, 0.1) is 0 Å². The van der Waals surface area contributed by atoms with Gasteiger partial charge in [-0.3, -0.25) is 0 Å². The lowest BCUT2D eigenvalue weighted by Crippen LogP contribution is -2.60. The fourth-order valence-corrected chi connectivity index (χ4v) is 34.2. The van der Waals surface area contributed by atoms with Crippen LogP contribution in [0.25, 0.3) is 0 Å². The predicted octanol–water partition coefficient (Wildman–Crippen LogP) is 13.4. The first kappa shape index (κ1) is 44.0. The van der Waals surface area contributed by atoms with E-state index in [-0.39, 0.29) is 0 Å². The summed E-state index contributed by atoms with van der Waals surface area (Å²) < 4.78 is 0. The molecule has 51 heavy (non-hydrogen) atoms. The lowest BCUT2D eigenvalue weighted by Gasteiger charge is -2.35. The third-order valence-corrected chi connectivity index (χ3v) is 35.0. The van der Waals surface area contributed by atoms with Crippen molar-refractivity contribution in [2.45, 2.75) is 191 Å². The van der Waals surface area contributed by atoms with Crippen molar-refractivity contribution in [2.24, 2.45) is 0 Å². The summed E-state index contributed by atoms with van der Waals surface area (Å²) in [5.74, 6) is 4.04. The summed E-state index contributed by atoms with van der Waals surface area (Å²) in [6.07, 6.45) is 0. The number of benzene rings is 3. The van der Waals surface area contributed by atoms with E-state index < -0.39 is 22.2 Å². The highest BCUT2D eigenvalue weighted by atomic mass is 35.6. The molecule has 0 aliphatic carbocycles. The second-order valence-electron chi connectivity index (χ2n) is 18.8. The summed E-state index contributed by atoms with van der Waals surface area (Å²) in [4.78, 5) is 0. The fraction of sp³-hybridized carbons (Fsp3) is 0.617. The molecule has 0 nitrogen and oxygen atoms in total. The van der Waals surface area contributed by atoms with Crippen LogP contribution in [-0.4, -0.2) is 22.2 Å². The van der Waals surface area contributed by atoms with Crippen molar-refractivity contribution < 1.29 is 0 Å². The molecule has 4 heteroatoms. The summed E-state index contributed by atoms with van der Waals surface area (Å²) in [6, 6.07) is 15.7. The van der Waals surface area contributed by atoms with Gasteiger partial charge >= 0.3 is 0 Å². The number of halogens is 1. The van der Waals surface area contributed by atoms with Crippen LogP contribution in [-0.2, 0) is 0 Å². The van der Waals surface area contributed by atoms with E-state index in [1.807, 2.05) is 0 Å². The van der Waals surface area contributed by atoms with Crippen LogP contribution in [0.2, 0.25) is 13.1 Å². The highest BCUT2D eigenvalue weighted by Gasteiger charge is 2.38. The minimum atomic E-state index is -2.34. The Kier molecular flexibility index (Phi) is 15.0. The summed E-state index contributed by atoms with van der Waals surface area (Å²) in [5, 5.41) is 5.12. The number of hydrogen-bond donors (Lipinski definition) is 0. The number of rotatable bonds is 13. The smallest absolute Gasteiger partial charge is 0.159 e. The van der Waals surface area contributed by atoms with Crippen molar-refractivity contribution in [3.63, 3.8) is 0 Å². The summed E-state index contributed by atoms with van der Waals surface area (Å²) in [7, 11) is -2.79. The first-order chi connectivity index (χ1) is 23.4. The van der Waals surface area contributed by atoms with Gasteiger partial charge in [0.25, 0.3) is 0 Å². The van der Waals surface area contributed by atoms with E-state index in [4.69, 9.17) is 11.1 Å². The van der Waals surface area contributed by atoms with Gasteiger partial charge in [-0.15, -0.1) is 0 Å². The predicted molar refractivity (Wildman–Crippen MR) is 240 cm³/mol. The highest BCUT2D eigenvalue weighted by molar-refractivity contribution is 7.61. The molecular formula is C47H75ClSi3. The van der Waals surface area contributed by atoms with Crippen molar-refractivity contribution >= 4 is 48.8 Å². The molecule has 0 saturated heterocycles. The quantitative estimate of drug-likeness (QED) is 0.120. The zero-order valence-corrected chi connectivity index (χ0v) is 40.3. The van der Waals surface area contributed by atoms with Gasteiger partial charge in [0.1, 0.15) is 0 Å². The highest BCUT2D eigenvalue weighted by Crippen LogP contribution is 2.32. The van der Waals surface area contributed by atoms with E-state index in [0.717, 1.165) is 0 Å². The van der Waals surface area contributed by atoms with E-state index in [0.29, 0.717) is 53.3 Å². The molecule has 0 amide bonds. The fourth-order valence-electron chi connectivity index (χ4n) is 7.83. The Labute approximate surface area is 324 Å². The lowest BCUT2D eigenvalue weighted by atomic mass is 9.89. The van der Waals surface area contributed by atoms with Crippen molar-refractivity contribution in [3.05, 3.63) is 86.5 Å². The zero-order valence-electron chi connectivity index (χ0n) is 36.5. The molecule has 3 aromatic rings. The first-order valence-corrected chi connectivity index (χ1v) is 29.4. The molecule has 0 aliphatic heterocycles. The topological polar surface area (TPSA) is 0 Å². The molecule has 0 radical (unpaired) electrons. The molecule has 0 bridgehead atoms. The van der Waals surface area contributed by atoms with Gasteiger partial charge in [0, 0.05) is 7.41 Å². The molecule has 0 spiro atoms. The van der Waals surface area contributed by atoms with Crippen LogP contribution in [0.4, 0.5) is 0 Å². The van der Waals surface area contributed by atoms with Gasteiger partial charge in [0.05, 0.1) is 7.89 Å².